The Labute approximate surface area is 411 Å². The number of carbonyl (C=O) groups is 1. The molecule has 9 rings (SSSR count). The molecule has 370 valence electrons. The molecule has 2 aromatic heterocycles. The van der Waals surface area contributed by atoms with Crippen LogP contribution in [0.4, 0.5) is 21.6 Å². The number of benzene rings is 3. The van der Waals surface area contributed by atoms with Gasteiger partial charge in [0.15, 0.2) is 0 Å². The Morgan fingerprint density at radius 2 is 1.70 bits per heavy atom. The van der Waals surface area contributed by atoms with Crippen molar-refractivity contribution in [3.8, 4) is 17.2 Å². The van der Waals surface area contributed by atoms with Gasteiger partial charge in [0.05, 0.1) is 35.9 Å². The molecular weight excluding hydrogens is 908 g/mol. The number of halogens is 1. The van der Waals surface area contributed by atoms with Crippen LogP contribution in [0.5, 0.6) is 17.2 Å². The van der Waals surface area contributed by atoms with E-state index in [-0.39, 0.29) is 33.7 Å². The predicted molar refractivity (Wildman–Crippen MR) is 271 cm³/mol. The van der Waals surface area contributed by atoms with Crippen molar-refractivity contribution in [2.75, 3.05) is 62.3 Å². The third kappa shape index (κ3) is 11.1. The molecule has 0 spiro atoms. The van der Waals surface area contributed by atoms with Crippen LogP contribution in [-0.4, -0.2) is 97.2 Å². The van der Waals surface area contributed by atoms with Crippen molar-refractivity contribution in [3.63, 3.8) is 0 Å². The van der Waals surface area contributed by atoms with E-state index in [2.05, 4.69) is 85.0 Å². The second-order valence-electron chi connectivity index (χ2n) is 19.9. The quantitative estimate of drug-likeness (QED) is 0.0784. The molecular formula is C54H65FN8O6S. The van der Waals surface area contributed by atoms with Gasteiger partial charge in [-0.05, 0) is 116 Å². The molecule has 1 amide bonds. The zero-order valence-electron chi connectivity index (χ0n) is 40.5. The highest BCUT2D eigenvalue weighted by Gasteiger charge is 2.37. The van der Waals surface area contributed by atoms with Gasteiger partial charge >= 0.3 is 0 Å². The molecule has 0 bridgehead atoms. The van der Waals surface area contributed by atoms with Gasteiger partial charge in [-0.2, -0.15) is 0 Å². The smallest absolute Gasteiger partial charge is 0.268 e. The van der Waals surface area contributed by atoms with Gasteiger partial charge in [0.25, 0.3) is 15.9 Å². The second-order valence-corrected chi connectivity index (χ2v) is 21.6. The maximum Gasteiger partial charge on any atom is 0.268 e. The summed E-state index contributed by atoms with van der Waals surface area (Å²) in [6.07, 6.45) is 9.38. The van der Waals surface area contributed by atoms with Gasteiger partial charge in [-0.25, -0.2) is 22.5 Å². The zero-order chi connectivity index (χ0) is 49.2. The van der Waals surface area contributed by atoms with E-state index in [0.29, 0.717) is 60.8 Å². The fraction of sp³-hybridized carbons (Fsp3) is 0.426. The third-order valence-electron chi connectivity index (χ3n) is 14.6. The minimum Gasteiger partial charge on any atom is -0.497 e. The molecule has 4 aliphatic rings. The number of aliphatic hydroxyl groups is 1. The average Bonchev–Trinajstić information content (AvgIpc) is 3.73. The molecule has 4 heterocycles. The highest BCUT2D eigenvalue weighted by Crippen LogP contribution is 2.39. The van der Waals surface area contributed by atoms with E-state index < -0.39 is 27.4 Å². The first-order valence-electron chi connectivity index (χ1n) is 24.5. The number of ether oxygens (including phenoxy) is 2. The monoisotopic (exact) mass is 972 g/mol. The minimum absolute atomic E-state index is 0.0384. The Balaban J connectivity index is 0.917. The van der Waals surface area contributed by atoms with E-state index in [1.165, 1.54) is 35.0 Å². The number of sulfonamides is 1. The normalized spacial score (nSPS) is 21.3. The standard InChI is InChI=1S/C54H65FN8O6S/c1-35(2)43-7-5-6-8-44(43)50-34-61(33-37-9-12-40(68-4)13-10-37)25-26-63(50)38-19-23-62(24-20-38)39-11-14-45(51(27-39)69-41-28-46-47(55)15-16-49(46)57-31-41)53(64)60-70(66,67)42-29-48(56)52(59-32-42)58-30-36-17-21-54(3,65)22-18-36/h5-15,27-29,31-32,35-36,38,50,65H,16-26,30,33-34,56H2,1-4H3,(H,58,59)(H,60,64). The first-order valence-corrected chi connectivity index (χ1v) is 26.0. The molecule has 2 aliphatic carbocycles. The van der Waals surface area contributed by atoms with Crippen molar-refractivity contribution in [1.29, 1.82) is 0 Å². The Morgan fingerprint density at radius 3 is 2.43 bits per heavy atom. The second kappa shape index (κ2) is 20.7. The van der Waals surface area contributed by atoms with E-state index in [9.17, 15) is 22.7 Å². The molecule has 5 N–H and O–H groups in total. The van der Waals surface area contributed by atoms with Crippen LogP contribution in [0.15, 0.2) is 102 Å². The summed E-state index contributed by atoms with van der Waals surface area (Å²) in [6.45, 7) is 12.1. The number of nitrogens with one attached hydrogen (secondary N) is 2. The highest BCUT2D eigenvalue weighted by atomic mass is 32.2. The maximum absolute atomic E-state index is 14.8. The molecule has 5 aromatic rings. The van der Waals surface area contributed by atoms with Crippen LogP contribution in [0.2, 0.25) is 0 Å². The number of fused-ring (bicyclic) bond motifs is 1. The third-order valence-corrected chi connectivity index (χ3v) is 15.9. The van der Waals surface area contributed by atoms with E-state index in [1.807, 2.05) is 25.1 Å². The number of piperidine rings is 1. The number of hydrogen-bond acceptors (Lipinski definition) is 13. The number of anilines is 3. The molecule has 16 heteroatoms. The van der Waals surface area contributed by atoms with Gasteiger partial charge in [-0.1, -0.05) is 50.2 Å². The van der Waals surface area contributed by atoms with Crippen LogP contribution in [-0.2, 0) is 23.0 Å². The lowest BCUT2D eigenvalue weighted by molar-refractivity contribution is 0.00975. The van der Waals surface area contributed by atoms with E-state index in [1.54, 1.807) is 25.3 Å². The van der Waals surface area contributed by atoms with Gasteiger partial charge in [0.1, 0.15) is 33.8 Å². The van der Waals surface area contributed by atoms with Crippen molar-refractivity contribution in [2.24, 2.45) is 5.92 Å². The van der Waals surface area contributed by atoms with Crippen LogP contribution in [0.1, 0.15) is 110 Å². The van der Waals surface area contributed by atoms with Crippen molar-refractivity contribution in [1.82, 2.24) is 24.5 Å². The van der Waals surface area contributed by atoms with Gasteiger partial charge in [0, 0.05) is 87.8 Å². The largest absolute Gasteiger partial charge is 0.497 e. The summed E-state index contributed by atoms with van der Waals surface area (Å²) in [5.74, 6) is 0.857. The number of nitrogen functional groups attached to an aromatic ring is 1. The first kappa shape index (κ1) is 48.9. The Hall–Kier alpha value is -6.07. The highest BCUT2D eigenvalue weighted by molar-refractivity contribution is 7.90. The molecule has 1 unspecified atom stereocenters. The van der Waals surface area contributed by atoms with E-state index in [0.717, 1.165) is 82.6 Å². The number of nitrogens with zero attached hydrogens (tertiary/aromatic N) is 5. The topological polar surface area (TPSA) is 175 Å². The van der Waals surface area contributed by atoms with E-state index >= 15 is 0 Å². The Morgan fingerprint density at radius 1 is 0.943 bits per heavy atom. The number of methoxy groups -OCH3 is 1. The van der Waals surface area contributed by atoms with E-state index in [4.69, 9.17) is 15.2 Å². The summed E-state index contributed by atoms with van der Waals surface area (Å²) in [5.41, 5.74) is 11.4. The lowest BCUT2D eigenvalue weighted by atomic mass is 9.80. The van der Waals surface area contributed by atoms with Gasteiger partial charge < -0.3 is 30.5 Å². The molecule has 1 atom stereocenters. The molecule has 70 heavy (non-hydrogen) atoms. The number of carbonyl (C=O) groups excluding carboxylic acids is 1. The number of hydrogen-bond donors (Lipinski definition) is 4. The SMILES string of the molecule is COc1ccc(CN2CCN(C3CCN(c4ccc(C(=O)NS(=O)(=O)c5cnc(NCC6CCC(C)(O)CC6)c(N)c5)c(Oc5cnc6c(c5)C(F)=CC6)c4)CC3)C(c3ccccc3C(C)C)C2)cc1. The van der Waals surface area contributed by atoms with Gasteiger partial charge in [0.2, 0.25) is 0 Å². The molecule has 2 saturated heterocycles. The average molecular weight is 973 g/mol. The first-order chi connectivity index (χ1) is 33.6. The van der Waals surface area contributed by atoms with Crippen LogP contribution in [0.25, 0.3) is 5.83 Å². The molecule has 0 radical (unpaired) electrons. The van der Waals surface area contributed by atoms with Gasteiger partial charge in [-0.3, -0.25) is 19.6 Å². The van der Waals surface area contributed by atoms with Crippen molar-refractivity contribution in [3.05, 3.63) is 131 Å². The number of aromatic nitrogens is 2. The molecule has 2 aliphatic heterocycles. The van der Waals surface area contributed by atoms with Crippen LogP contribution >= 0.6 is 0 Å². The molecule has 14 nitrogen and oxygen atoms in total. The number of nitrogens with two attached hydrogens (primary N) is 1. The lowest BCUT2D eigenvalue weighted by Crippen LogP contribution is -2.54. The van der Waals surface area contributed by atoms with Crippen LogP contribution in [0, 0.1) is 5.92 Å². The number of pyridine rings is 2. The molecule has 1 saturated carbocycles. The Bertz CT molecular complexity index is 2820. The summed E-state index contributed by atoms with van der Waals surface area (Å²) in [7, 11) is -2.76. The minimum atomic E-state index is -4.45. The number of allylic oxidation sites excluding steroid dienone is 1. The fourth-order valence-corrected chi connectivity index (χ4v) is 11.5. The molecule has 3 aromatic carbocycles. The number of amides is 1. The zero-order valence-corrected chi connectivity index (χ0v) is 41.4. The fourth-order valence-electron chi connectivity index (χ4n) is 10.5. The van der Waals surface area contributed by atoms with Crippen molar-refractivity contribution in [2.45, 2.75) is 101 Å². The Kier molecular flexibility index (Phi) is 14.5. The predicted octanol–water partition coefficient (Wildman–Crippen LogP) is 8.85. The number of piperazine rings is 1. The molecule has 3 fully saturated rings. The summed E-state index contributed by atoms with van der Waals surface area (Å²) in [4.78, 5) is 30.0. The summed E-state index contributed by atoms with van der Waals surface area (Å²) in [5, 5.41) is 13.5. The van der Waals surface area contributed by atoms with Gasteiger partial charge in [-0.15, -0.1) is 0 Å². The summed E-state index contributed by atoms with van der Waals surface area (Å²) < 4.78 is 56.2. The maximum atomic E-state index is 14.8. The van der Waals surface area contributed by atoms with Crippen molar-refractivity contribution >= 4 is 38.9 Å². The summed E-state index contributed by atoms with van der Waals surface area (Å²) >= 11 is 0. The van der Waals surface area contributed by atoms with Crippen LogP contribution < -0.4 is 30.1 Å². The number of rotatable bonds is 15. The van der Waals surface area contributed by atoms with Crippen molar-refractivity contribution < 1.29 is 32.2 Å². The van der Waals surface area contributed by atoms with Crippen LogP contribution in [0.3, 0.4) is 0 Å². The summed E-state index contributed by atoms with van der Waals surface area (Å²) in [6, 6.07) is 25.7. The lowest BCUT2D eigenvalue weighted by Gasteiger charge is -2.48.